The van der Waals surface area contributed by atoms with Gasteiger partial charge in [-0.15, -0.1) is 0 Å². The van der Waals surface area contributed by atoms with Crippen molar-refractivity contribution in [3.05, 3.63) is 41.5 Å². The number of ether oxygens (including phenoxy) is 1. The highest BCUT2D eigenvalue weighted by Gasteiger charge is 2.41. The molecule has 8 heteroatoms. The van der Waals surface area contributed by atoms with Gasteiger partial charge in [0, 0.05) is 32.1 Å². The summed E-state index contributed by atoms with van der Waals surface area (Å²) in [5.74, 6) is 0.853. The highest BCUT2D eigenvalue weighted by Crippen LogP contribution is 2.32. The minimum absolute atomic E-state index is 0.00588. The molecule has 7 nitrogen and oxygen atoms in total. The number of aromatic nitrogens is 2. The van der Waals surface area contributed by atoms with Crippen molar-refractivity contribution in [2.24, 2.45) is 0 Å². The molecule has 0 aliphatic carbocycles. The van der Waals surface area contributed by atoms with E-state index in [1.807, 2.05) is 0 Å². The summed E-state index contributed by atoms with van der Waals surface area (Å²) in [6.07, 6.45) is 1.83. The fraction of sp³-hybridized carbons (Fsp3) is 0.526. The number of carbonyl (C=O) groups excluding carboxylic acids is 1. The summed E-state index contributed by atoms with van der Waals surface area (Å²) >= 11 is 0. The number of piperidine rings is 1. The number of anilines is 1. The number of hydrogen-bond acceptors (Lipinski definition) is 6. The number of amides is 1. The number of benzene rings is 1. The Morgan fingerprint density at radius 1 is 1.26 bits per heavy atom. The number of carbonyl (C=O) groups is 1. The molecule has 0 bridgehead atoms. The highest BCUT2D eigenvalue weighted by molar-refractivity contribution is 5.76. The Morgan fingerprint density at radius 2 is 2.04 bits per heavy atom. The molecule has 2 aliphatic heterocycles. The summed E-state index contributed by atoms with van der Waals surface area (Å²) in [7, 11) is 0. The smallest absolute Gasteiger partial charge is 0.266 e. The van der Waals surface area contributed by atoms with Crippen LogP contribution < -0.4 is 4.90 Å². The zero-order valence-electron chi connectivity index (χ0n) is 15.4. The molecule has 2 aromatic rings. The molecule has 0 saturated carbocycles. The SMILES string of the molecule is Cc1nc(N2CCC3(CC2)CN(Cc2ccccc2F)C(=O)CCO3)no1. The normalized spacial score (nSPS) is 20.1. The molecule has 0 N–H and O–H groups in total. The van der Waals surface area contributed by atoms with Crippen LogP contribution in [0.1, 0.15) is 30.7 Å². The molecule has 144 valence electrons. The predicted octanol–water partition coefficient (Wildman–Crippen LogP) is 2.31. The second-order valence-electron chi connectivity index (χ2n) is 7.22. The van der Waals surface area contributed by atoms with E-state index in [0.29, 0.717) is 37.0 Å². The molecule has 0 unspecified atom stereocenters. The van der Waals surface area contributed by atoms with Gasteiger partial charge < -0.3 is 19.1 Å². The predicted molar refractivity (Wildman–Crippen MR) is 95.6 cm³/mol. The maximum Gasteiger partial charge on any atom is 0.266 e. The first-order chi connectivity index (χ1) is 13.0. The minimum atomic E-state index is -0.410. The molecule has 1 amide bonds. The fourth-order valence-corrected chi connectivity index (χ4v) is 3.80. The van der Waals surface area contributed by atoms with Crippen LogP contribution in [0.15, 0.2) is 28.8 Å². The van der Waals surface area contributed by atoms with E-state index in [-0.39, 0.29) is 18.3 Å². The zero-order valence-corrected chi connectivity index (χ0v) is 15.4. The third-order valence-electron chi connectivity index (χ3n) is 5.35. The minimum Gasteiger partial charge on any atom is -0.372 e. The average molecular weight is 374 g/mol. The van der Waals surface area contributed by atoms with E-state index in [2.05, 4.69) is 15.0 Å². The monoisotopic (exact) mass is 374 g/mol. The van der Waals surface area contributed by atoms with Crippen LogP contribution >= 0.6 is 0 Å². The van der Waals surface area contributed by atoms with E-state index in [9.17, 15) is 9.18 Å². The van der Waals surface area contributed by atoms with Crippen molar-refractivity contribution in [1.29, 1.82) is 0 Å². The van der Waals surface area contributed by atoms with E-state index >= 15 is 0 Å². The Kier molecular flexibility index (Phi) is 4.82. The summed E-state index contributed by atoms with van der Waals surface area (Å²) in [5.41, 5.74) is 0.120. The van der Waals surface area contributed by atoms with Crippen molar-refractivity contribution in [3.8, 4) is 0 Å². The zero-order chi connectivity index (χ0) is 18.9. The van der Waals surface area contributed by atoms with Crippen molar-refractivity contribution in [2.45, 2.75) is 38.3 Å². The summed E-state index contributed by atoms with van der Waals surface area (Å²) in [5, 5.41) is 3.98. The Balaban J connectivity index is 1.47. The standard InChI is InChI=1S/C19H23FN4O3/c1-14-21-18(22-27-14)23-9-7-19(8-10-23)13-24(17(25)6-11-26-19)12-15-4-2-3-5-16(15)20/h2-5H,6-13H2,1H3. The van der Waals surface area contributed by atoms with Crippen molar-refractivity contribution in [2.75, 3.05) is 31.1 Å². The van der Waals surface area contributed by atoms with E-state index < -0.39 is 5.60 Å². The first-order valence-corrected chi connectivity index (χ1v) is 9.25. The van der Waals surface area contributed by atoms with Crippen molar-refractivity contribution >= 4 is 11.9 Å². The van der Waals surface area contributed by atoms with Gasteiger partial charge in [-0.05, 0) is 24.1 Å². The molecule has 4 rings (SSSR count). The van der Waals surface area contributed by atoms with Crippen molar-refractivity contribution in [1.82, 2.24) is 15.0 Å². The van der Waals surface area contributed by atoms with Gasteiger partial charge in [-0.25, -0.2) is 4.39 Å². The fourth-order valence-electron chi connectivity index (χ4n) is 3.80. The van der Waals surface area contributed by atoms with Crippen molar-refractivity contribution in [3.63, 3.8) is 0 Å². The summed E-state index contributed by atoms with van der Waals surface area (Å²) in [6.45, 7) is 4.35. The molecule has 0 radical (unpaired) electrons. The van der Waals surface area contributed by atoms with Crippen LogP contribution in [0.4, 0.5) is 10.3 Å². The molecule has 2 aliphatic rings. The second-order valence-corrected chi connectivity index (χ2v) is 7.22. The molecular formula is C19H23FN4O3. The van der Waals surface area contributed by atoms with Gasteiger partial charge in [-0.1, -0.05) is 18.2 Å². The number of nitrogens with zero attached hydrogens (tertiary/aromatic N) is 4. The first kappa shape index (κ1) is 17.9. The Labute approximate surface area is 157 Å². The third-order valence-corrected chi connectivity index (χ3v) is 5.35. The molecule has 1 aromatic carbocycles. The molecule has 2 fully saturated rings. The van der Waals surface area contributed by atoms with Gasteiger partial charge >= 0.3 is 0 Å². The topological polar surface area (TPSA) is 71.7 Å². The number of aryl methyl sites for hydroxylation is 1. The van der Waals surface area contributed by atoms with Crippen LogP contribution in [0.25, 0.3) is 0 Å². The molecule has 1 spiro atoms. The maximum atomic E-state index is 14.0. The molecule has 2 saturated heterocycles. The average Bonchev–Trinajstić information content (AvgIpc) is 3.03. The van der Waals surface area contributed by atoms with Crippen molar-refractivity contribution < 1.29 is 18.4 Å². The highest BCUT2D eigenvalue weighted by atomic mass is 19.1. The van der Waals surface area contributed by atoms with Gasteiger partial charge in [0.15, 0.2) is 0 Å². The summed E-state index contributed by atoms with van der Waals surface area (Å²) < 4.78 is 25.3. The lowest BCUT2D eigenvalue weighted by Gasteiger charge is -2.42. The van der Waals surface area contributed by atoms with Gasteiger partial charge in [0.1, 0.15) is 5.82 Å². The van der Waals surface area contributed by atoms with Crippen LogP contribution in [0.3, 0.4) is 0 Å². The van der Waals surface area contributed by atoms with Crippen LogP contribution in [-0.4, -0.2) is 52.8 Å². The Hall–Kier alpha value is -2.48. The maximum absolute atomic E-state index is 14.0. The third kappa shape index (κ3) is 3.80. The van der Waals surface area contributed by atoms with Gasteiger partial charge in [-0.2, -0.15) is 4.98 Å². The summed E-state index contributed by atoms with van der Waals surface area (Å²) in [6, 6.07) is 6.60. The molecule has 3 heterocycles. The van der Waals surface area contributed by atoms with E-state index in [0.717, 1.165) is 25.9 Å². The molecule has 27 heavy (non-hydrogen) atoms. The first-order valence-electron chi connectivity index (χ1n) is 9.25. The number of halogens is 1. The lowest BCUT2D eigenvalue weighted by atomic mass is 9.90. The lowest BCUT2D eigenvalue weighted by molar-refractivity contribution is -0.132. The largest absolute Gasteiger partial charge is 0.372 e. The lowest BCUT2D eigenvalue weighted by Crippen LogP contribution is -2.52. The van der Waals surface area contributed by atoms with Crippen LogP contribution in [0.5, 0.6) is 0 Å². The summed E-state index contributed by atoms with van der Waals surface area (Å²) in [4.78, 5) is 20.6. The van der Waals surface area contributed by atoms with E-state index in [1.165, 1.54) is 6.07 Å². The Morgan fingerprint density at radius 3 is 2.74 bits per heavy atom. The number of rotatable bonds is 3. The molecule has 0 atom stereocenters. The van der Waals surface area contributed by atoms with Gasteiger partial charge in [0.25, 0.3) is 5.95 Å². The van der Waals surface area contributed by atoms with Crippen LogP contribution in [0.2, 0.25) is 0 Å². The van der Waals surface area contributed by atoms with Gasteiger partial charge in [0.05, 0.1) is 25.2 Å². The van der Waals surface area contributed by atoms with Crippen LogP contribution in [0, 0.1) is 12.7 Å². The second kappa shape index (κ2) is 7.26. The quantitative estimate of drug-likeness (QED) is 0.821. The van der Waals surface area contributed by atoms with Gasteiger partial charge in [-0.3, -0.25) is 4.79 Å². The Bertz CT molecular complexity index is 817. The van der Waals surface area contributed by atoms with E-state index in [4.69, 9.17) is 9.26 Å². The van der Waals surface area contributed by atoms with Crippen LogP contribution in [-0.2, 0) is 16.1 Å². The van der Waals surface area contributed by atoms with E-state index in [1.54, 1.807) is 30.0 Å². The molecule has 1 aromatic heterocycles. The van der Waals surface area contributed by atoms with Gasteiger partial charge in [0.2, 0.25) is 11.8 Å². The molecular weight excluding hydrogens is 351 g/mol. The number of hydrogen-bond donors (Lipinski definition) is 0.